The van der Waals surface area contributed by atoms with Crippen molar-refractivity contribution < 1.29 is 4.74 Å². The van der Waals surface area contributed by atoms with E-state index in [-0.39, 0.29) is 6.04 Å². The molecule has 1 atom stereocenters. The van der Waals surface area contributed by atoms with Crippen LogP contribution in [-0.4, -0.2) is 4.98 Å². The number of hydrogen-bond acceptors (Lipinski definition) is 4. The van der Waals surface area contributed by atoms with E-state index < -0.39 is 0 Å². The molecule has 0 saturated heterocycles. The Morgan fingerprint density at radius 3 is 3.00 bits per heavy atom. The van der Waals surface area contributed by atoms with E-state index in [4.69, 9.17) is 10.5 Å². The SMILES string of the molecule is C[C@@H](N)c1cccnc1OCc1cccs1. The molecule has 2 heterocycles. The number of ether oxygens (including phenoxy) is 1. The average Bonchev–Trinajstić information content (AvgIpc) is 2.79. The fraction of sp³-hybridized carbons (Fsp3) is 0.250. The van der Waals surface area contributed by atoms with Gasteiger partial charge in [-0.1, -0.05) is 12.1 Å². The van der Waals surface area contributed by atoms with Crippen LogP contribution in [0.1, 0.15) is 23.4 Å². The maximum Gasteiger partial charge on any atom is 0.218 e. The first-order valence-corrected chi connectivity index (χ1v) is 6.01. The number of hydrogen-bond donors (Lipinski definition) is 1. The molecule has 0 aliphatic heterocycles. The van der Waals surface area contributed by atoms with Crippen molar-refractivity contribution in [2.75, 3.05) is 0 Å². The Morgan fingerprint density at radius 1 is 1.44 bits per heavy atom. The summed E-state index contributed by atoms with van der Waals surface area (Å²) >= 11 is 1.67. The van der Waals surface area contributed by atoms with Crippen LogP contribution in [-0.2, 0) is 6.61 Å². The van der Waals surface area contributed by atoms with Gasteiger partial charge < -0.3 is 10.5 Å². The van der Waals surface area contributed by atoms with Crippen LogP contribution in [0.25, 0.3) is 0 Å². The van der Waals surface area contributed by atoms with Crippen molar-refractivity contribution in [3.8, 4) is 5.88 Å². The van der Waals surface area contributed by atoms with Crippen LogP contribution in [0.3, 0.4) is 0 Å². The molecule has 2 aromatic heterocycles. The third-order valence-electron chi connectivity index (χ3n) is 2.22. The van der Waals surface area contributed by atoms with Gasteiger partial charge in [-0.2, -0.15) is 0 Å². The standard InChI is InChI=1S/C12H14N2OS/c1-9(13)11-5-2-6-14-12(11)15-8-10-4-3-7-16-10/h2-7,9H,8,13H2,1H3/t9-/m1/s1. The second-order valence-electron chi connectivity index (χ2n) is 3.55. The maximum atomic E-state index is 5.85. The highest BCUT2D eigenvalue weighted by atomic mass is 32.1. The Morgan fingerprint density at radius 2 is 2.31 bits per heavy atom. The molecular formula is C12H14N2OS. The van der Waals surface area contributed by atoms with Crippen molar-refractivity contribution >= 4 is 11.3 Å². The molecule has 0 radical (unpaired) electrons. The first-order valence-electron chi connectivity index (χ1n) is 5.13. The van der Waals surface area contributed by atoms with Crippen LogP contribution < -0.4 is 10.5 Å². The molecule has 3 nitrogen and oxygen atoms in total. The molecule has 2 rings (SSSR count). The highest BCUT2D eigenvalue weighted by Gasteiger charge is 2.08. The summed E-state index contributed by atoms with van der Waals surface area (Å²) < 4.78 is 5.66. The molecule has 84 valence electrons. The Balaban J connectivity index is 2.09. The lowest BCUT2D eigenvalue weighted by Crippen LogP contribution is -2.08. The van der Waals surface area contributed by atoms with Crippen LogP contribution in [0.2, 0.25) is 0 Å². The van der Waals surface area contributed by atoms with Crippen LogP contribution in [0.15, 0.2) is 35.8 Å². The molecule has 0 unspecified atom stereocenters. The molecule has 0 aliphatic carbocycles. The third kappa shape index (κ3) is 2.59. The Labute approximate surface area is 98.9 Å². The number of pyridine rings is 1. The highest BCUT2D eigenvalue weighted by Crippen LogP contribution is 2.22. The second kappa shape index (κ2) is 5.09. The lowest BCUT2D eigenvalue weighted by Gasteiger charge is -2.11. The van der Waals surface area contributed by atoms with Gasteiger partial charge in [0.05, 0.1) is 0 Å². The van der Waals surface area contributed by atoms with Crippen molar-refractivity contribution in [1.82, 2.24) is 4.98 Å². The zero-order valence-electron chi connectivity index (χ0n) is 9.09. The molecule has 4 heteroatoms. The summed E-state index contributed by atoms with van der Waals surface area (Å²) in [5, 5.41) is 2.03. The summed E-state index contributed by atoms with van der Waals surface area (Å²) in [5.41, 5.74) is 6.79. The normalized spacial score (nSPS) is 12.4. The minimum Gasteiger partial charge on any atom is -0.472 e. The van der Waals surface area contributed by atoms with Gasteiger partial charge in [-0.3, -0.25) is 0 Å². The number of thiophene rings is 1. The van der Waals surface area contributed by atoms with Gasteiger partial charge in [0.25, 0.3) is 0 Å². The van der Waals surface area contributed by atoms with E-state index in [1.807, 2.05) is 36.6 Å². The van der Waals surface area contributed by atoms with E-state index in [1.54, 1.807) is 17.5 Å². The zero-order valence-corrected chi connectivity index (χ0v) is 9.91. The van der Waals surface area contributed by atoms with Gasteiger partial charge in [0.15, 0.2) is 0 Å². The summed E-state index contributed by atoms with van der Waals surface area (Å²) in [7, 11) is 0. The molecule has 0 aliphatic rings. The summed E-state index contributed by atoms with van der Waals surface area (Å²) in [6, 6.07) is 7.80. The monoisotopic (exact) mass is 234 g/mol. The van der Waals surface area contributed by atoms with Crippen LogP contribution in [0.5, 0.6) is 5.88 Å². The van der Waals surface area contributed by atoms with E-state index in [1.165, 1.54) is 4.88 Å². The molecule has 0 fully saturated rings. The average molecular weight is 234 g/mol. The van der Waals surface area contributed by atoms with Gasteiger partial charge in [-0.15, -0.1) is 11.3 Å². The summed E-state index contributed by atoms with van der Waals surface area (Å²) in [6.07, 6.45) is 1.72. The predicted molar refractivity (Wildman–Crippen MR) is 65.5 cm³/mol. The molecule has 0 aromatic carbocycles. The summed E-state index contributed by atoms with van der Waals surface area (Å²) in [4.78, 5) is 5.38. The van der Waals surface area contributed by atoms with Crippen molar-refractivity contribution in [2.24, 2.45) is 5.73 Å². The van der Waals surface area contributed by atoms with Crippen LogP contribution >= 0.6 is 11.3 Å². The fourth-order valence-electron chi connectivity index (χ4n) is 1.40. The molecule has 2 aromatic rings. The van der Waals surface area contributed by atoms with E-state index >= 15 is 0 Å². The van der Waals surface area contributed by atoms with Gasteiger partial charge in [-0.05, 0) is 24.4 Å². The Bertz CT molecular complexity index is 440. The topological polar surface area (TPSA) is 48.1 Å². The van der Waals surface area contributed by atoms with Gasteiger partial charge in [0.1, 0.15) is 6.61 Å². The summed E-state index contributed by atoms with van der Waals surface area (Å²) in [5.74, 6) is 0.630. The van der Waals surface area contributed by atoms with Crippen molar-refractivity contribution in [3.05, 3.63) is 46.3 Å². The minimum absolute atomic E-state index is 0.0629. The maximum absolute atomic E-state index is 5.85. The quantitative estimate of drug-likeness (QED) is 0.884. The Hall–Kier alpha value is -1.39. The van der Waals surface area contributed by atoms with E-state index in [0.717, 1.165) is 5.56 Å². The third-order valence-corrected chi connectivity index (χ3v) is 3.07. The van der Waals surface area contributed by atoms with Gasteiger partial charge in [0, 0.05) is 22.7 Å². The molecule has 0 amide bonds. The Kier molecular flexibility index (Phi) is 3.54. The predicted octanol–water partition coefficient (Wildman–Crippen LogP) is 2.74. The minimum atomic E-state index is -0.0629. The van der Waals surface area contributed by atoms with E-state index in [9.17, 15) is 0 Å². The highest BCUT2D eigenvalue weighted by molar-refractivity contribution is 7.09. The van der Waals surface area contributed by atoms with Crippen molar-refractivity contribution in [2.45, 2.75) is 19.6 Å². The van der Waals surface area contributed by atoms with Crippen LogP contribution in [0.4, 0.5) is 0 Å². The molecule has 2 N–H and O–H groups in total. The van der Waals surface area contributed by atoms with Crippen molar-refractivity contribution in [1.29, 1.82) is 0 Å². The van der Waals surface area contributed by atoms with E-state index in [0.29, 0.717) is 12.5 Å². The molecular weight excluding hydrogens is 220 g/mol. The van der Waals surface area contributed by atoms with Crippen molar-refractivity contribution in [3.63, 3.8) is 0 Å². The number of nitrogens with two attached hydrogens (primary N) is 1. The first kappa shape index (κ1) is 11.1. The van der Waals surface area contributed by atoms with E-state index in [2.05, 4.69) is 4.98 Å². The smallest absolute Gasteiger partial charge is 0.218 e. The van der Waals surface area contributed by atoms with Gasteiger partial charge in [0.2, 0.25) is 5.88 Å². The van der Waals surface area contributed by atoms with Gasteiger partial charge in [-0.25, -0.2) is 4.98 Å². The molecule has 0 spiro atoms. The molecule has 16 heavy (non-hydrogen) atoms. The second-order valence-corrected chi connectivity index (χ2v) is 4.59. The van der Waals surface area contributed by atoms with Gasteiger partial charge >= 0.3 is 0 Å². The molecule has 0 bridgehead atoms. The van der Waals surface area contributed by atoms with Crippen LogP contribution in [0, 0.1) is 0 Å². The molecule has 0 saturated carbocycles. The largest absolute Gasteiger partial charge is 0.472 e. The first-order chi connectivity index (χ1) is 7.77. The lowest BCUT2D eigenvalue weighted by molar-refractivity contribution is 0.292. The number of nitrogens with zero attached hydrogens (tertiary/aromatic N) is 1. The number of rotatable bonds is 4. The number of aromatic nitrogens is 1. The zero-order chi connectivity index (χ0) is 11.4. The summed E-state index contributed by atoms with van der Waals surface area (Å²) in [6.45, 7) is 2.48. The lowest BCUT2D eigenvalue weighted by atomic mass is 10.1. The fourth-order valence-corrected chi connectivity index (χ4v) is 2.02.